The second kappa shape index (κ2) is 8.22. The highest BCUT2D eigenvalue weighted by atomic mass is 127. The van der Waals surface area contributed by atoms with Crippen LogP contribution in [0.5, 0.6) is 0 Å². The number of hydrogen-bond donors (Lipinski definition) is 3. The second-order valence-corrected chi connectivity index (χ2v) is 7.46. The van der Waals surface area contributed by atoms with E-state index >= 15 is 0 Å². The number of ether oxygens (including phenoxy) is 1. The molecule has 4 atom stereocenters. The number of aliphatic hydroxyl groups is 1. The van der Waals surface area contributed by atoms with E-state index in [0.717, 1.165) is 24.6 Å². The Bertz CT molecular complexity index is 604. The van der Waals surface area contributed by atoms with Gasteiger partial charge in [0.05, 0.1) is 18.4 Å². The molecule has 2 fully saturated rings. The molecule has 3 N–H and O–H groups in total. The van der Waals surface area contributed by atoms with Gasteiger partial charge in [0.1, 0.15) is 0 Å². The van der Waals surface area contributed by atoms with E-state index in [1.54, 1.807) is 17.9 Å². The lowest BCUT2D eigenvalue weighted by Gasteiger charge is -2.60. The van der Waals surface area contributed by atoms with Crippen LogP contribution in [-0.4, -0.2) is 53.2 Å². The van der Waals surface area contributed by atoms with Crippen LogP contribution in [0.4, 0.5) is 0 Å². The molecular weight excluding hydrogens is 433 g/mol. The van der Waals surface area contributed by atoms with Crippen LogP contribution in [0, 0.1) is 11.3 Å². The molecule has 1 aliphatic carbocycles. The van der Waals surface area contributed by atoms with E-state index in [9.17, 15) is 5.11 Å². The molecule has 0 spiro atoms. The summed E-state index contributed by atoms with van der Waals surface area (Å²) in [5.41, 5.74) is 0.884. The number of guanidine groups is 1. The van der Waals surface area contributed by atoms with Crippen molar-refractivity contribution in [1.82, 2.24) is 20.4 Å². The summed E-state index contributed by atoms with van der Waals surface area (Å²) in [4.78, 5) is 4.31. The first-order chi connectivity index (χ1) is 11.4. The highest BCUT2D eigenvalue weighted by Gasteiger charge is 2.58. The standard InChI is InChI=1S/C17H29N5O2.HI/c1-17(2)14(12-6-5-7-24-15(12)17)21-16(18-3)19-9-13(23)11-8-20-22(4)10-11;/h8,10,12-15,23H,5-7,9H2,1-4H3,(H2,18,19,21);1H. The van der Waals surface area contributed by atoms with Gasteiger partial charge in [-0.3, -0.25) is 9.67 Å². The van der Waals surface area contributed by atoms with Crippen molar-refractivity contribution in [2.75, 3.05) is 20.2 Å². The van der Waals surface area contributed by atoms with Crippen LogP contribution in [0.15, 0.2) is 17.4 Å². The van der Waals surface area contributed by atoms with Gasteiger partial charge in [-0.05, 0) is 12.8 Å². The normalized spacial score (nSPS) is 29.0. The van der Waals surface area contributed by atoms with Gasteiger partial charge in [-0.1, -0.05) is 13.8 Å². The van der Waals surface area contributed by atoms with Gasteiger partial charge in [-0.15, -0.1) is 24.0 Å². The third-order valence-corrected chi connectivity index (χ3v) is 5.42. The van der Waals surface area contributed by atoms with E-state index in [-0.39, 0.29) is 29.4 Å². The van der Waals surface area contributed by atoms with Gasteiger partial charge >= 0.3 is 0 Å². The Balaban J connectivity index is 0.00000225. The maximum absolute atomic E-state index is 10.3. The van der Waals surface area contributed by atoms with Gasteiger partial charge in [-0.2, -0.15) is 5.10 Å². The summed E-state index contributed by atoms with van der Waals surface area (Å²) < 4.78 is 7.63. The lowest BCUT2D eigenvalue weighted by Crippen LogP contribution is -2.71. The third-order valence-electron chi connectivity index (χ3n) is 5.42. The molecule has 3 rings (SSSR count). The van der Waals surface area contributed by atoms with E-state index in [0.29, 0.717) is 24.6 Å². The zero-order valence-electron chi connectivity index (χ0n) is 15.4. The van der Waals surface area contributed by atoms with Gasteiger partial charge in [0.25, 0.3) is 0 Å². The van der Waals surface area contributed by atoms with Crippen molar-refractivity contribution in [2.24, 2.45) is 23.4 Å². The minimum Gasteiger partial charge on any atom is -0.386 e. The van der Waals surface area contributed by atoms with Gasteiger partial charge in [-0.25, -0.2) is 0 Å². The number of aliphatic imine (C=N–C) groups is 1. The SMILES string of the molecule is CN=C(NCC(O)c1cnn(C)c1)NC1C2CCCOC2C1(C)C.I. The molecule has 0 radical (unpaired) electrons. The fourth-order valence-electron chi connectivity index (χ4n) is 4.08. The van der Waals surface area contributed by atoms with Crippen molar-refractivity contribution in [3.63, 3.8) is 0 Å². The van der Waals surface area contributed by atoms with Crippen molar-refractivity contribution < 1.29 is 9.84 Å². The molecule has 1 aliphatic heterocycles. The number of nitrogens with one attached hydrogen (secondary N) is 2. The Labute approximate surface area is 166 Å². The Morgan fingerprint density at radius 2 is 2.32 bits per heavy atom. The van der Waals surface area contributed by atoms with Gasteiger partial charge in [0.2, 0.25) is 0 Å². The molecule has 0 bridgehead atoms. The van der Waals surface area contributed by atoms with Crippen LogP contribution < -0.4 is 10.6 Å². The third kappa shape index (κ3) is 4.11. The molecule has 2 aliphatic rings. The number of rotatable bonds is 4. The predicted octanol–water partition coefficient (Wildman–Crippen LogP) is 1.44. The van der Waals surface area contributed by atoms with E-state index in [4.69, 9.17) is 4.74 Å². The molecule has 7 nitrogen and oxygen atoms in total. The lowest BCUT2D eigenvalue weighted by atomic mass is 9.55. The summed E-state index contributed by atoms with van der Waals surface area (Å²) >= 11 is 0. The molecule has 1 saturated heterocycles. The van der Waals surface area contributed by atoms with Crippen molar-refractivity contribution in [1.29, 1.82) is 0 Å². The quantitative estimate of drug-likeness (QED) is 0.358. The van der Waals surface area contributed by atoms with E-state index in [1.165, 1.54) is 6.42 Å². The van der Waals surface area contributed by atoms with Crippen LogP contribution in [-0.2, 0) is 11.8 Å². The van der Waals surface area contributed by atoms with Crippen molar-refractivity contribution in [2.45, 2.75) is 44.9 Å². The largest absolute Gasteiger partial charge is 0.386 e. The molecule has 8 heteroatoms. The van der Waals surface area contributed by atoms with Gasteiger partial charge in [0, 0.05) is 56.4 Å². The number of hydrogen-bond acceptors (Lipinski definition) is 4. The summed E-state index contributed by atoms with van der Waals surface area (Å²) in [5, 5.41) is 21.1. The molecule has 0 aromatic carbocycles. The average Bonchev–Trinajstić information content (AvgIpc) is 3.01. The van der Waals surface area contributed by atoms with Crippen LogP contribution in [0.1, 0.15) is 38.4 Å². The number of aromatic nitrogens is 2. The van der Waals surface area contributed by atoms with E-state index < -0.39 is 6.10 Å². The minimum absolute atomic E-state index is 0. The molecule has 2 heterocycles. The number of aryl methyl sites for hydroxylation is 1. The van der Waals surface area contributed by atoms with Crippen LogP contribution in [0.25, 0.3) is 0 Å². The predicted molar refractivity (Wildman–Crippen MR) is 108 cm³/mol. The van der Waals surface area contributed by atoms with E-state index in [2.05, 4.69) is 34.6 Å². The zero-order chi connectivity index (χ0) is 17.3. The van der Waals surface area contributed by atoms with Crippen LogP contribution >= 0.6 is 24.0 Å². The van der Waals surface area contributed by atoms with Crippen LogP contribution in [0.3, 0.4) is 0 Å². The smallest absolute Gasteiger partial charge is 0.191 e. The first kappa shape index (κ1) is 20.4. The molecule has 4 unspecified atom stereocenters. The monoisotopic (exact) mass is 463 g/mol. The summed E-state index contributed by atoms with van der Waals surface area (Å²) in [6, 6.07) is 0.338. The fourth-order valence-corrected chi connectivity index (χ4v) is 4.08. The summed E-state index contributed by atoms with van der Waals surface area (Å²) in [6.07, 6.45) is 5.55. The molecule has 1 aromatic rings. The van der Waals surface area contributed by atoms with E-state index in [1.807, 2.05) is 13.2 Å². The fraction of sp³-hybridized carbons (Fsp3) is 0.765. The zero-order valence-corrected chi connectivity index (χ0v) is 17.7. The number of halogens is 1. The maximum atomic E-state index is 10.3. The number of nitrogens with zero attached hydrogens (tertiary/aromatic N) is 3. The highest BCUT2D eigenvalue weighted by molar-refractivity contribution is 14.0. The highest BCUT2D eigenvalue weighted by Crippen LogP contribution is 2.51. The molecule has 0 amide bonds. The minimum atomic E-state index is -0.614. The Morgan fingerprint density at radius 1 is 1.56 bits per heavy atom. The molecule has 1 saturated carbocycles. The Morgan fingerprint density at radius 3 is 2.96 bits per heavy atom. The van der Waals surface area contributed by atoms with Crippen molar-refractivity contribution >= 4 is 29.9 Å². The van der Waals surface area contributed by atoms with Gasteiger partial charge in [0.15, 0.2) is 5.96 Å². The molecule has 25 heavy (non-hydrogen) atoms. The van der Waals surface area contributed by atoms with Gasteiger partial charge < -0.3 is 20.5 Å². The Kier molecular flexibility index (Phi) is 6.72. The number of fused-ring (bicyclic) bond motifs is 1. The maximum Gasteiger partial charge on any atom is 0.191 e. The first-order valence-electron chi connectivity index (χ1n) is 8.69. The Hall–Kier alpha value is -0.870. The summed E-state index contributed by atoms with van der Waals surface area (Å²) in [7, 11) is 3.60. The first-order valence-corrected chi connectivity index (χ1v) is 8.69. The summed E-state index contributed by atoms with van der Waals surface area (Å²) in [5.74, 6) is 1.26. The molecular formula is C17H30IN5O2. The lowest BCUT2D eigenvalue weighted by molar-refractivity contribution is -0.188. The molecule has 1 aromatic heterocycles. The second-order valence-electron chi connectivity index (χ2n) is 7.46. The summed E-state index contributed by atoms with van der Waals surface area (Å²) in [6.45, 7) is 5.76. The van der Waals surface area contributed by atoms with Crippen LogP contribution in [0.2, 0.25) is 0 Å². The molecule has 142 valence electrons. The number of aliphatic hydroxyl groups excluding tert-OH is 1. The van der Waals surface area contributed by atoms with Crippen molar-refractivity contribution in [3.05, 3.63) is 18.0 Å². The van der Waals surface area contributed by atoms with Crippen molar-refractivity contribution in [3.8, 4) is 0 Å². The average molecular weight is 463 g/mol. The topological polar surface area (TPSA) is 83.7 Å².